The predicted molar refractivity (Wildman–Crippen MR) is 90.3 cm³/mol. The molecule has 112 valence electrons. The van der Waals surface area contributed by atoms with Crippen LogP contribution < -0.4 is 16.0 Å². The van der Waals surface area contributed by atoms with E-state index >= 15 is 0 Å². The smallest absolute Gasteiger partial charge is 0.318 e. The zero-order valence-corrected chi connectivity index (χ0v) is 13.4. The van der Waals surface area contributed by atoms with E-state index in [2.05, 4.69) is 41.9 Å². The number of aryl methyl sites for hydroxylation is 1. The predicted octanol–water partition coefficient (Wildman–Crippen LogP) is 4.23. The number of anilines is 2. The van der Waals surface area contributed by atoms with Crippen LogP contribution in [0.3, 0.4) is 0 Å². The quantitative estimate of drug-likeness (QED) is 0.774. The van der Waals surface area contributed by atoms with Crippen LogP contribution in [0.1, 0.15) is 29.6 Å². The normalized spacial score (nSPS) is 11.8. The number of carbonyl (C=O) groups excluding carboxylic acids is 1. The highest BCUT2D eigenvalue weighted by Crippen LogP contribution is 2.27. The van der Waals surface area contributed by atoms with Crippen LogP contribution >= 0.6 is 11.3 Å². The van der Waals surface area contributed by atoms with Gasteiger partial charge in [0.05, 0.1) is 6.04 Å². The number of hydrogen-bond donors (Lipinski definition) is 3. The minimum absolute atomic E-state index is 0.213. The van der Waals surface area contributed by atoms with Crippen molar-refractivity contribution in [3.05, 3.63) is 46.2 Å². The second-order valence-electron chi connectivity index (χ2n) is 4.81. The van der Waals surface area contributed by atoms with Crippen LogP contribution in [0, 0.1) is 0 Å². The summed E-state index contributed by atoms with van der Waals surface area (Å²) in [4.78, 5) is 14.0. The molecule has 21 heavy (non-hydrogen) atoms. The van der Waals surface area contributed by atoms with Crippen LogP contribution in [0.25, 0.3) is 0 Å². The van der Waals surface area contributed by atoms with Gasteiger partial charge in [-0.2, -0.15) is 0 Å². The maximum atomic E-state index is 11.2. The fraction of sp³-hybridized carbons (Fsp3) is 0.312. The molecule has 0 fully saturated rings. The fourth-order valence-corrected chi connectivity index (χ4v) is 2.94. The third-order valence-corrected chi connectivity index (χ3v) is 4.62. The first-order chi connectivity index (χ1) is 10.1. The minimum Gasteiger partial charge on any atom is -0.378 e. The molecule has 0 saturated heterocycles. The molecule has 0 radical (unpaired) electrons. The highest BCUT2D eigenvalue weighted by molar-refractivity contribution is 7.12. The molecule has 2 aromatic rings. The molecule has 1 heterocycles. The molecule has 1 unspecified atom stereocenters. The molecule has 2 rings (SSSR count). The number of thiophene rings is 1. The first-order valence-corrected chi connectivity index (χ1v) is 7.88. The van der Waals surface area contributed by atoms with Gasteiger partial charge >= 0.3 is 6.03 Å². The van der Waals surface area contributed by atoms with Crippen LogP contribution in [0.2, 0.25) is 0 Å². The Labute approximate surface area is 129 Å². The topological polar surface area (TPSA) is 53.2 Å². The van der Waals surface area contributed by atoms with Crippen molar-refractivity contribution < 1.29 is 4.79 Å². The molecular formula is C16H21N3OS. The van der Waals surface area contributed by atoms with Crippen LogP contribution in [-0.4, -0.2) is 13.1 Å². The molecule has 2 amide bonds. The van der Waals surface area contributed by atoms with Crippen molar-refractivity contribution in [2.45, 2.75) is 26.3 Å². The van der Waals surface area contributed by atoms with E-state index in [1.54, 1.807) is 7.05 Å². The number of urea groups is 1. The molecular weight excluding hydrogens is 282 g/mol. The molecule has 3 N–H and O–H groups in total. The van der Waals surface area contributed by atoms with Crippen LogP contribution in [0.4, 0.5) is 16.2 Å². The summed E-state index contributed by atoms with van der Waals surface area (Å²) >= 11 is 1.85. The van der Waals surface area contributed by atoms with E-state index in [4.69, 9.17) is 0 Å². The number of amides is 2. The lowest BCUT2D eigenvalue weighted by molar-refractivity contribution is 0.254. The van der Waals surface area contributed by atoms with Crippen molar-refractivity contribution in [2.24, 2.45) is 0 Å². The number of rotatable bonds is 5. The molecule has 0 spiro atoms. The highest BCUT2D eigenvalue weighted by atomic mass is 32.1. The van der Waals surface area contributed by atoms with E-state index in [9.17, 15) is 4.79 Å². The first-order valence-electron chi connectivity index (χ1n) is 7.06. The Balaban J connectivity index is 1.97. The Bertz CT molecular complexity index is 592. The Morgan fingerprint density at radius 2 is 1.81 bits per heavy atom. The van der Waals surface area contributed by atoms with Crippen LogP contribution in [0.15, 0.2) is 36.4 Å². The molecule has 0 aliphatic rings. The van der Waals surface area contributed by atoms with E-state index < -0.39 is 0 Å². The molecule has 5 heteroatoms. The largest absolute Gasteiger partial charge is 0.378 e. The van der Waals surface area contributed by atoms with Gasteiger partial charge in [0.15, 0.2) is 0 Å². The lowest BCUT2D eigenvalue weighted by Gasteiger charge is -2.14. The molecule has 4 nitrogen and oxygen atoms in total. The fourth-order valence-electron chi connectivity index (χ4n) is 1.98. The van der Waals surface area contributed by atoms with Gasteiger partial charge in [-0.15, -0.1) is 11.3 Å². The summed E-state index contributed by atoms with van der Waals surface area (Å²) in [5, 5.41) is 8.74. The molecule has 1 atom stereocenters. The average Bonchev–Trinajstić information content (AvgIpc) is 2.98. The number of benzene rings is 1. The van der Waals surface area contributed by atoms with Crippen molar-refractivity contribution in [1.82, 2.24) is 5.32 Å². The van der Waals surface area contributed by atoms with E-state index in [0.29, 0.717) is 0 Å². The molecule has 0 aliphatic carbocycles. The van der Waals surface area contributed by atoms with Gasteiger partial charge in [-0.05, 0) is 49.7 Å². The summed E-state index contributed by atoms with van der Waals surface area (Å²) in [6.45, 7) is 4.33. The molecule has 0 aliphatic heterocycles. The van der Waals surface area contributed by atoms with Gasteiger partial charge in [-0.1, -0.05) is 6.92 Å². The lowest BCUT2D eigenvalue weighted by Crippen LogP contribution is -2.24. The van der Waals surface area contributed by atoms with Gasteiger partial charge in [-0.25, -0.2) is 4.79 Å². The van der Waals surface area contributed by atoms with Gasteiger partial charge < -0.3 is 16.0 Å². The summed E-state index contributed by atoms with van der Waals surface area (Å²) in [6.07, 6.45) is 1.08. The maximum absolute atomic E-state index is 11.2. The van der Waals surface area contributed by atoms with Crippen molar-refractivity contribution in [1.29, 1.82) is 0 Å². The Hall–Kier alpha value is -2.01. The van der Waals surface area contributed by atoms with E-state index in [0.717, 1.165) is 17.8 Å². The van der Waals surface area contributed by atoms with Crippen LogP contribution in [0.5, 0.6) is 0 Å². The summed E-state index contributed by atoms with van der Waals surface area (Å²) in [5.41, 5.74) is 1.81. The molecule has 0 bridgehead atoms. The van der Waals surface area contributed by atoms with Crippen molar-refractivity contribution in [2.75, 3.05) is 17.7 Å². The standard InChI is InChI=1S/C16H21N3OS/c1-4-14-9-10-15(21-14)11(2)18-12-5-7-13(8-6-12)19-16(20)17-3/h5-11,18H,4H2,1-3H3,(H2,17,19,20). The summed E-state index contributed by atoms with van der Waals surface area (Å²) in [6, 6.07) is 12.1. The third-order valence-electron chi connectivity index (χ3n) is 3.21. The Morgan fingerprint density at radius 3 is 2.38 bits per heavy atom. The summed E-state index contributed by atoms with van der Waals surface area (Å²) in [5.74, 6) is 0. The van der Waals surface area contributed by atoms with Crippen molar-refractivity contribution in [3.8, 4) is 0 Å². The van der Waals surface area contributed by atoms with Crippen molar-refractivity contribution >= 4 is 28.7 Å². The SMILES string of the molecule is CCc1ccc(C(C)Nc2ccc(NC(=O)NC)cc2)s1. The number of carbonyl (C=O) groups is 1. The van der Waals surface area contributed by atoms with E-state index in [1.165, 1.54) is 9.75 Å². The van der Waals surface area contributed by atoms with Gasteiger partial charge in [0.2, 0.25) is 0 Å². The molecule has 0 saturated carbocycles. The Kier molecular flexibility index (Phi) is 5.22. The van der Waals surface area contributed by atoms with E-state index in [1.807, 2.05) is 35.6 Å². The van der Waals surface area contributed by atoms with Gasteiger partial charge in [0, 0.05) is 28.2 Å². The first kappa shape index (κ1) is 15.4. The lowest BCUT2D eigenvalue weighted by atomic mass is 10.2. The highest BCUT2D eigenvalue weighted by Gasteiger charge is 2.08. The second-order valence-corrected chi connectivity index (χ2v) is 6.01. The van der Waals surface area contributed by atoms with E-state index in [-0.39, 0.29) is 12.1 Å². The summed E-state index contributed by atoms with van der Waals surface area (Å²) in [7, 11) is 1.60. The second kappa shape index (κ2) is 7.13. The molecule has 1 aromatic heterocycles. The maximum Gasteiger partial charge on any atom is 0.318 e. The van der Waals surface area contributed by atoms with Gasteiger partial charge in [0.25, 0.3) is 0 Å². The third kappa shape index (κ3) is 4.23. The zero-order chi connectivity index (χ0) is 15.2. The summed E-state index contributed by atoms with van der Waals surface area (Å²) < 4.78 is 0. The van der Waals surface area contributed by atoms with Gasteiger partial charge in [0.1, 0.15) is 0 Å². The minimum atomic E-state index is -0.213. The zero-order valence-electron chi connectivity index (χ0n) is 12.6. The number of hydrogen-bond acceptors (Lipinski definition) is 3. The van der Waals surface area contributed by atoms with Gasteiger partial charge in [-0.3, -0.25) is 0 Å². The molecule has 1 aromatic carbocycles. The van der Waals surface area contributed by atoms with Crippen molar-refractivity contribution in [3.63, 3.8) is 0 Å². The average molecular weight is 303 g/mol. The Morgan fingerprint density at radius 1 is 1.14 bits per heavy atom. The number of nitrogens with one attached hydrogen (secondary N) is 3. The van der Waals surface area contributed by atoms with Crippen LogP contribution in [-0.2, 0) is 6.42 Å². The monoisotopic (exact) mass is 303 g/mol.